The summed E-state index contributed by atoms with van der Waals surface area (Å²) in [4.78, 5) is 2.50. The molecule has 2 aliphatic heterocycles. The summed E-state index contributed by atoms with van der Waals surface area (Å²) in [6.07, 6.45) is 4.43. The van der Waals surface area contributed by atoms with Crippen LogP contribution in [0.3, 0.4) is 0 Å². The molecule has 1 fully saturated rings. The lowest BCUT2D eigenvalue weighted by atomic mass is 10.3. The van der Waals surface area contributed by atoms with E-state index in [0.29, 0.717) is 0 Å². The van der Waals surface area contributed by atoms with Gasteiger partial charge in [-0.05, 0) is 6.08 Å². The van der Waals surface area contributed by atoms with E-state index in [9.17, 15) is 0 Å². The molecule has 0 atom stereocenters. The summed E-state index contributed by atoms with van der Waals surface area (Å²) in [7, 11) is 0. The average molecular weight is 182 g/mol. The zero-order chi connectivity index (χ0) is 8.93. The highest BCUT2D eigenvalue weighted by molar-refractivity contribution is 4.98. The Morgan fingerprint density at radius 1 is 1.38 bits per heavy atom. The first-order valence-corrected chi connectivity index (χ1v) is 5.20. The van der Waals surface area contributed by atoms with E-state index in [1.807, 2.05) is 0 Å². The van der Waals surface area contributed by atoms with Gasteiger partial charge in [-0.2, -0.15) is 0 Å². The summed E-state index contributed by atoms with van der Waals surface area (Å²) in [6, 6.07) is 0. The monoisotopic (exact) mass is 182 g/mol. The molecule has 2 heterocycles. The van der Waals surface area contributed by atoms with Crippen LogP contribution < -0.4 is 5.32 Å². The smallest absolute Gasteiger partial charge is 0.0934 e. The summed E-state index contributed by atoms with van der Waals surface area (Å²) in [5.74, 6) is 1.21. The zero-order valence-corrected chi connectivity index (χ0v) is 8.09. The van der Waals surface area contributed by atoms with Gasteiger partial charge in [-0.3, -0.25) is 0 Å². The molecule has 0 unspecified atom stereocenters. The van der Waals surface area contributed by atoms with Crippen LogP contribution in [0.15, 0.2) is 11.8 Å². The maximum atomic E-state index is 5.46. The fraction of sp³-hybridized carbons (Fsp3) is 0.800. The average Bonchev–Trinajstić information content (AvgIpc) is 2.69. The quantitative estimate of drug-likeness (QED) is 0.691. The second-order valence-corrected chi connectivity index (χ2v) is 3.65. The van der Waals surface area contributed by atoms with Crippen LogP contribution in [0.4, 0.5) is 0 Å². The predicted octanol–water partition coefficient (Wildman–Crippen LogP) is 0.586. The van der Waals surface area contributed by atoms with E-state index in [1.54, 1.807) is 0 Å². The molecule has 0 spiro atoms. The van der Waals surface area contributed by atoms with Crippen LogP contribution in [0.2, 0.25) is 0 Å². The number of nitrogens with zero attached hydrogens (tertiary/aromatic N) is 1. The van der Waals surface area contributed by atoms with Crippen LogP contribution in [0.25, 0.3) is 0 Å². The molecule has 0 aromatic carbocycles. The van der Waals surface area contributed by atoms with Crippen molar-refractivity contribution in [2.24, 2.45) is 0 Å². The van der Waals surface area contributed by atoms with E-state index in [-0.39, 0.29) is 0 Å². The fourth-order valence-corrected chi connectivity index (χ4v) is 1.85. The Kier molecular flexibility index (Phi) is 3.22. The minimum atomic E-state index is 0.900. The molecule has 1 saturated heterocycles. The number of piperazine rings is 1. The maximum absolute atomic E-state index is 5.46. The van der Waals surface area contributed by atoms with E-state index in [1.165, 1.54) is 18.8 Å². The van der Waals surface area contributed by atoms with Crippen molar-refractivity contribution in [3.63, 3.8) is 0 Å². The van der Waals surface area contributed by atoms with Gasteiger partial charge >= 0.3 is 0 Å². The molecule has 0 radical (unpaired) electrons. The molecule has 0 aromatic rings. The Morgan fingerprint density at radius 2 is 2.23 bits per heavy atom. The van der Waals surface area contributed by atoms with Gasteiger partial charge in [0.1, 0.15) is 0 Å². The molecule has 0 bridgehead atoms. The highest BCUT2D eigenvalue weighted by Crippen LogP contribution is 2.13. The van der Waals surface area contributed by atoms with Gasteiger partial charge in [0.05, 0.1) is 12.4 Å². The first-order valence-electron chi connectivity index (χ1n) is 5.20. The van der Waals surface area contributed by atoms with Crippen LogP contribution >= 0.6 is 0 Å². The molecule has 3 heteroatoms. The third-order valence-electron chi connectivity index (χ3n) is 2.66. The number of nitrogens with one attached hydrogen (secondary N) is 1. The summed E-state index contributed by atoms with van der Waals surface area (Å²) in [5.41, 5.74) is 0. The maximum Gasteiger partial charge on any atom is 0.0934 e. The summed E-state index contributed by atoms with van der Waals surface area (Å²) in [5, 5.41) is 3.36. The number of ether oxygens (including phenoxy) is 1. The van der Waals surface area contributed by atoms with Crippen molar-refractivity contribution >= 4 is 0 Å². The van der Waals surface area contributed by atoms with E-state index in [2.05, 4.69) is 16.3 Å². The van der Waals surface area contributed by atoms with Crippen molar-refractivity contribution in [2.75, 3.05) is 39.3 Å². The van der Waals surface area contributed by atoms with Crippen molar-refractivity contribution in [3.05, 3.63) is 11.8 Å². The van der Waals surface area contributed by atoms with Crippen LogP contribution in [0.5, 0.6) is 0 Å². The molecule has 0 amide bonds. The number of hydrogen-bond donors (Lipinski definition) is 1. The van der Waals surface area contributed by atoms with Gasteiger partial charge in [0.15, 0.2) is 0 Å². The van der Waals surface area contributed by atoms with Crippen LogP contribution in [-0.4, -0.2) is 44.2 Å². The SMILES string of the molecule is C1=C(CCN2CCNCC2)OCC1. The molecule has 2 rings (SSSR count). The van der Waals surface area contributed by atoms with Gasteiger partial charge in [-0.15, -0.1) is 0 Å². The van der Waals surface area contributed by atoms with Gasteiger partial charge in [0.2, 0.25) is 0 Å². The summed E-state index contributed by atoms with van der Waals surface area (Å²) in [6.45, 7) is 6.71. The standard InChI is InChI=1S/C10H18N2O/c1-2-10(13-9-1)3-6-12-7-4-11-5-8-12/h2,11H,1,3-9H2. The molecule has 2 aliphatic rings. The fourth-order valence-electron chi connectivity index (χ4n) is 1.85. The molecule has 0 aliphatic carbocycles. The van der Waals surface area contributed by atoms with Gasteiger partial charge in [-0.1, -0.05) is 0 Å². The zero-order valence-electron chi connectivity index (χ0n) is 8.09. The van der Waals surface area contributed by atoms with Gasteiger partial charge in [0.25, 0.3) is 0 Å². The first kappa shape index (κ1) is 9.03. The predicted molar refractivity (Wildman–Crippen MR) is 52.6 cm³/mol. The van der Waals surface area contributed by atoms with Gasteiger partial charge < -0.3 is 15.0 Å². The molecule has 0 aromatic heterocycles. The highest BCUT2D eigenvalue weighted by atomic mass is 16.5. The lowest BCUT2D eigenvalue weighted by molar-refractivity contribution is 0.200. The van der Waals surface area contributed by atoms with Crippen LogP contribution in [0, 0.1) is 0 Å². The van der Waals surface area contributed by atoms with E-state index in [0.717, 1.165) is 39.1 Å². The third-order valence-corrected chi connectivity index (χ3v) is 2.66. The summed E-state index contributed by atoms with van der Waals surface area (Å²) < 4.78 is 5.46. The van der Waals surface area contributed by atoms with E-state index >= 15 is 0 Å². The van der Waals surface area contributed by atoms with E-state index < -0.39 is 0 Å². The molecular weight excluding hydrogens is 164 g/mol. The van der Waals surface area contributed by atoms with Crippen molar-refractivity contribution in [2.45, 2.75) is 12.8 Å². The lowest BCUT2D eigenvalue weighted by Crippen LogP contribution is -2.43. The van der Waals surface area contributed by atoms with Gasteiger partial charge in [-0.25, -0.2) is 0 Å². The molecule has 74 valence electrons. The highest BCUT2D eigenvalue weighted by Gasteiger charge is 2.11. The van der Waals surface area contributed by atoms with Crippen molar-refractivity contribution < 1.29 is 4.74 Å². The summed E-state index contributed by atoms with van der Waals surface area (Å²) >= 11 is 0. The molecule has 3 nitrogen and oxygen atoms in total. The van der Waals surface area contributed by atoms with Crippen LogP contribution in [0.1, 0.15) is 12.8 Å². The Labute approximate surface area is 79.7 Å². The molecular formula is C10H18N2O. The molecule has 0 saturated carbocycles. The van der Waals surface area contributed by atoms with Crippen LogP contribution in [-0.2, 0) is 4.74 Å². The Hall–Kier alpha value is -0.540. The van der Waals surface area contributed by atoms with Gasteiger partial charge in [0, 0.05) is 45.6 Å². The van der Waals surface area contributed by atoms with Crippen molar-refractivity contribution in [1.82, 2.24) is 10.2 Å². The Morgan fingerprint density at radius 3 is 2.92 bits per heavy atom. The topological polar surface area (TPSA) is 24.5 Å². The normalized spacial score (nSPS) is 24.2. The van der Waals surface area contributed by atoms with Crippen molar-refractivity contribution in [3.8, 4) is 0 Å². The van der Waals surface area contributed by atoms with Crippen molar-refractivity contribution in [1.29, 1.82) is 0 Å². The number of rotatable bonds is 3. The molecule has 1 N–H and O–H groups in total. The largest absolute Gasteiger partial charge is 0.498 e. The second-order valence-electron chi connectivity index (χ2n) is 3.65. The molecule has 13 heavy (non-hydrogen) atoms. The minimum Gasteiger partial charge on any atom is -0.498 e. The Bertz CT molecular complexity index is 185. The van der Waals surface area contributed by atoms with E-state index in [4.69, 9.17) is 4.74 Å². The number of hydrogen-bond acceptors (Lipinski definition) is 3. The third kappa shape index (κ3) is 2.71. The minimum absolute atomic E-state index is 0.900. The Balaban J connectivity index is 1.66. The lowest BCUT2D eigenvalue weighted by Gasteiger charge is -2.27. The second kappa shape index (κ2) is 4.63. The first-order chi connectivity index (χ1) is 6.45.